The van der Waals surface area contributed by atoms with E-state index in [0.29, 0.717) is 19.1 Å². The maximum absolute atomic E-state index is 12.3. The Bertz CT molecular complexity index is 414. The van der Waals surface area contributed by atoms with Gasteiger partial charge in [0, 0.05) is 6.54 Å². The molecule has 1 aliphatic heterocycles. The average Bonchev–Trinajstić information content (AvgIpc) is 2.48. The molecular weight excluding hydrogens is 252 g/mol. The highest BCUT2D eigenvalue weighted by atomic mass is 16.5. The van der Waals surface area contributed by atoms with E-state index in [1.54, 1.807) is 0 Å². The zero-order valence-corrected chi connectivity index (χ0v) is 12.3. The third kappa shape index (κ3) is 4.32. The third-order valence-corrected chi connectivity index (χ3v) is 3.46. The van der Waals surface area contributed by atoms with E-state index in [0.717, 1.165) is 18.5 Å². The van der Waals surface area contributed by atoms with Crippen LogP contribution in [0.2, 0.25) is 0 Å². The summed E-state index contributed by atoms with van der Waals surface area (Å²) in [6.07, 6.45) is 0.934. The topological polar surface area (TPSA) is 50.4 Å². The van der Waals surface area contributed by atoms with Crippen LogP contribution in [0, 0.1) is 5.92 Å². The molecule has 0 radical (unpaired) electrons. The van der Waals surface area contributed by atoms with Gasteiger partial charge in [0.05, 0.1) is 19.3 Å². The molecule has 0 bridgehead atoms. The molecule has 2 N–H and O–H groups in total. The first-order valence-corrected chi connectivity index (χ1v) is 7.33. The van der Waals surface area contributed by atoms with E-state index in [-0.39, 0.29) is 18.0 Å². The molecule has 1 aliphatic rings. The lowest BCUT2D eigenvalue weighted by molar-refractivity contribution is -0.126. The number of benzene rings is 1. The summed E-state index contributed by atoms with van der Waals surface area (Å²) in [5.74, 6) is 0.551. The first-order chi connectivity index (χ1) is 9.66. The molecule has 4 nitrogen and oxygen atoms in total. The SMILES string of the molecule is CC(C)CC(NC(=O)C1COCCN1)c1ccccc1. The quantitative estimate of drug-likeness (QED) is 0.863. The van der Waals surface area contributed by atoms with E-state index in [2.05, 4.69) is 36.6 Å². The molecule has 0 spiro atoms. The fraction of sp³-hybridized carbons (Fsp3) is 0.562. The highest BCUT2D eigenvalue weighted by Crippen LogP contribution is 2.21. The molecule has 1 fully saturated rings. The second-order valence-corrected chi connectivity index (χ2v) is 5.68. The Labute approximate surface area is 120 Å². The molecule has 0 saturated carbocycles. The van der Waals surface area contributed by atoms with Crippen LogP contribution < -0.4 is 10.6 Å². The van der Waals surface area contributed by atoms with Gasteiger partial charge < -0.3 is 15.4 Å². The molecule has 1 aromatic rings. The van der Waals surface area contributed by atoms with Crippen molar-refractivity contribution in [3.8, 4) is 0 Å². The van der Waals surface area contributed by atoms with Crippen molar-refractivity contribution in [3.05, 3.63) is 35.9 Å². The predicted octanol–water partition coefficient (Wildman–Crippen LogP) is 1.88. The maximum atomic E-state index is 12.3. The molecule has 2 atom stereocenters. The predicted molar refractivity (Wildman–Crippen MR) is 79.4 cm³/mol. The van der Waals surface area contributed by atoms with Crippen molar-refractivity contribution in [2.45, 2.75) is 32.4 Å². The van der Waals surface area contributed by atoms with Crippen LogP contribution in [0.25, 0.3) is 0 Å². The van der Waals surface area contributed by atoms with Crippen LogP contribution in [0.4, 0.5) is 0 Å². The van der Waals surface area contributed by atoms with Crippen molar-refractivity contribution >= 4 is 5.91 Å². The molecule has 1 aromatic carbocycles. The fourth-order valence-corrected chi connectivity index (χ4v) is 2.44. The van der Waals surface area contributed by atoms with Crippen LogP contribution in [0.1, 0.15) is 31.9 Å². The summed E-state index contributed by atoms with van der Waals surface area (Å²) in [7, 11) is 0. The monoisotopic (exact) mass is 276 g/mol. The highest BCUT2D eigenvalue weighted by Gasteiger charge is 2.24. The van der Waals surface area contributed by atoms with Gasteiger partial charge in [-0.15, -0.1) is 0 Å². The van der Waals surface area contributed by atoms with E-state index < -0.39 is 0 Å². The van der Waals surface area contributed by atoms with Gasteiger partial charge in [0.15, 0.2) is 0 Å². The number of rotatable bonds is 5. The van der Waals surface area contributed by atoms with Gasteiger partial charge in [-0.25, -0.2) is 0 Å². The molecular formula is C16H24N2O2. The van der Waals surface area contributed by atoms with Crippen molar-refractivity contribution in [2.24, 2.45) is 5.92 Å². The van der Waals surface area contributed by atoms with Gasteiger partial charge in [-0.1, -0.05) is 44.2 Å². The summed E-state index contributed by atoms with van der Waals surface area (Å²) in [6.45, 7) is 6.21. The lowest BCUT2D eigenvalue weighted by Crippen LogP contribution is -2.51. The van der Waals surface area contributed by atoms with Crippen LogP contribution in [-0.4, -0.2) is 31.7 Å². The zero-order chi connectivity index (χ0) is 14.4. The summed E-state index contributed by atoms with van der Waals surface area (Å²) in [4.78, 5) is 12.3. The summed E-state index contributed by atoms with van der Waals surface area (Å²) >= 11 is 0. The second-order valence-electron chi connectivity index (χ2n) is 5.68. The number of hydrogen-bond acceptors (Lipinski definition) is 3. The number of morpholine rings is 1. The Hall–Kier alpha value is -1.39. The molecule has 2 rings (SSSR count). The smallest absolute Gasteiger partial charge is 0.240 e. The third-order valence-electron chi connectivity index (χ3n) is 3.46. The summed E-state index contributed by atoms with van der Waals surface area (Å²) in [5.41, 5.74) is 1.16. The number of amides is 1. The van der Waals surface area contributed by atoms with Crippen LogP contribution in [0.5, 0.6) is 0 Å². The van der Waals surface area contributed by atoms with Gasteiger partial charge in [0.25, 0.3) is 0 Å². The Morgan fingerprint density at radius 2 is 2.15 bits per heavy atom. The highest BCUT2D eigenvalue weighted by molar-refractivity contribution is 5.82. The largest absolute Gasteiger partial charge is 0.378 e. The van der Waals surface area contributed by atoms with Crippen molar-refractivity contribution in [2.75, 3.05) is 19.8 Å². The molecule has 2 unspecified atom stereocenters. The minimum absolute atomic E-state index is 0.0270. The van der Waals surface area contributed by atoms with Crippen LogP contribution >= 0.6 is 0 Å². The Kier molecular flexibility index (Phi) is 5.56. The van der Waals surface area contributed by atoms with Gasteiger partial charge in [0.2, 0.25) is 5.91 Å². The van der Waals surface area contributed by atoms with Crippen LogP contribution in [-0.2, 0) is 9.53 Å². The van der Waals surface area contributed by atoms with E-state index in [1.165, 1.54) is 0 Å². The number of ether oxygens (including phenoxy) is 1. The van der Waals surface area contributed by atoms with Gasteiger partial charge >= 0.3 is 0 Å². The Morgan fingerprint density at radius 3 is 2.75 bits per heavy atom. The number of carbonyl (C=O) groups is 1. The minimum atomic E-state index is -0.234. The molecule has 0 aromatic heterocycles. The average molecular weight is 276 g/mol. The van der Waals surface area contributed by atoms with E-state index >= 15 is 0 Å². The number of carbonyl (C=O) groups excluding carboxylic acids is 1. The molecule has 1 saturated heterocycles. The van der Waals surface area contributed by atoms with Gasteiger partial charge in [-0.05, 0) is 17.9 Å². The summed E-state index contributed by atoms with van der Waals surface area (Å²) in [5, 5.41) is 6.34. The molecule has 4 heteroatoms. The van der Waals surface area contributed by atoms with E-state index in [1.807, 2.05) is 18.2 Å². The van der Waals surface area contributed by atoms with Crippen molar-refractivity contribution in [3.63, 3.8) is 0 Å². The Balaban J connectivity index is 2.01. The normalized spacial score (nSPS) is 20.6. The maximum Gasteiger partial charge on any atom is 0.240 e. The van der Waals surface area contributed by atoms with Crippen molar-refractivity contribution in [1.82, 2.24) is 10.6 Å². The lowest BCUT2D eigenvalue weighted by Gasteiger charge is -2.27. The van der Waals surface area contributed by atoms with E-state index in [4.69, 9.17) is 4.74 Å². The molecule has 1 amide bonds. The molecule has 0 aliphatic carbocycles. The van der Waals surface area contributed by atoms with Gasteiger partial charge in [-0.3, -0.25) is 4.79 Å². The first kappa shape index (κ1) is 15.0. The van der Waals surface area contributed by atoms with Gasteiger partial charge in [0.1, 0.15) is 6.04 Å². The lowest BCUT2D eigenvalue weighted by atomic mass is 9.96. The number of hydrogen-bond donors (Lipinski definition) is 2. The Morgan fingerprint density at radius 1 is 1.40 bits per heavy atom. The number of nitrogens with one attached hydrogen (secondary N) is 2. The van der Waals surface area contributed by atoms with Gasteiger partial charge in [-0.2, -0.15) is 0 Å². The fourth-order valence-electron chi connectivity index (χ4n) is 2.44. The van der Waals surface area contributed by atoms with Crippen molar-refractivity contribution in [1.29, 1.82) is 0 Å². The molecule has 20 heavy (non-hydrogen) atoms. The van der Waals surface area contributed by atoms with Crippen molar-refractivity contribution < 1.29 is 9.53 Å². The second kappa shape index (κ2) is 7.41. The molecule has 1 heterocycles. The minimum Gasteiger partial charge on any atom is -0.378 e. The standard InChI is InChI=1S/C16H24N2O2/c1-12(2)10-14(13-6-4-3-5-7-13)18-16(19)15-11-20-9-8-17-15/h3-7,12,14-15,17H,8-11H2,1-2H3,(H,18,19). The molecule has 110 valence electrons. The zero-order valence-electron chi connectivity index (χ0n) is 12.3. The summed E-state index contributed by atoms with van der Waals surface area (Å²) in [6, 6.07) is 9.98. The first-order valence-electron chi connectivity index (χ1n) is 7.33. The van der Waals surface area contributed by atoms with Crippen LogP contribution in [0.15, 0.2) is 30.3 Å². The summed E-state index contributed by atoms with van der Waals surface area (Å²) < 4.78 is 5.35. The van der Waals surface area contributed by atoms with E-state index in [9.17, 15) is 4.79 Å². The van der Waals surface area contributed by atoms with Crippen LogP contribution in [0.3, 0.4) is 0 Å².